The van der Waals surface area contributed by atoms with Crippen molar-refractivity contribution in [1.82, 2.24) is 19.4 Å². The summed E-state index contributed by atoms with van der Waals surface area (Å²) in [6.07, 6.45) is 2.14. The first-order valence-corrected chi connectivity index (χ1v) is 12.4. The van der Waals surface area contributed by atoms with Gasteiger partial charge in [0.05, 0.1) is 5.75 Å². The number of hydrogen-bond acceptors (Lipinski definition) is 5. The molecular formula is C20H31ClN4O3S. The summed E-state index contributed by atoms with van der Waals surface area (Å²) in [5.74, 6) is -0.189. The van der Waals surface area contributed by atoms with Gasteiger partial charge in [0.2, 0.25) is 10.0 Å². The molecule has 0 unspecified atom stereocenters. The molecule has 2 heterocycles. The standard InChI is InChI=1S/C20H31ClN4O3S/c1-2-23-11-3-4-19(23)16-24(20(26)17-5-7-18(21)8-6-17)14-15-29(27,28)25-12-9-22-10-13-25/h5-8,19,22H,2-4,9-16H2,1H3/t19-/m1/s1. The van der Waals surface area contributed by atoms with Crippen molar-refractivity contribution in [2.24, 2.45) is 0 Å². The number of nitrogens with zero attached hydrogens (tertiary/aromatic N) is 3. The average Bonchev–Trinajstić information content (AvgIpc) is 3.19. The Kier molecular flexibility index (Phi) is 7.92. The number of piperazine rings is 1. The van der Waals surface area contributed by atoms with Crippen LogP contribution in [0.5, 0.6) is 0 Å². The molecule has 0 spiro atoms. The number of amides is 1. The van der Waals surface area contributed by atoms with Gasteiger partial charge in [0.1, 0.15) is 0 Å². The lowest BCUT2D eigenvalue weighted by Gasteiger charge is -2.32. The highest BCUT2D eigenvalue weighted by molar-refractivity contribution is 7.89. The van der Waals surface area contributed by atoms with Gasteiger partial charge in [-0.3, -0.25) is 9.69 Å². The van der Waals surface area contributed by atoms with Crippen molar-refractivity contribution in [3.63, 3.8) is 0 Å². The monoisotopic (exact) mass is 442 g/mol. The van der Waals surface area contributed by atoms with Crippen LogP contribution in [0.25, 0.3) is 0 Å². The molecule has 29 heavy (non-hydrogen) atoms. The zero-order valence-electron chi connectivity index (χ0n) is 17.0. The van der Waals surface area contributed by atoms with Gasteiger partial charge < -0.3 is 10.2 Å². The smallest absolute Gasteiger partial charge is 0.253 e. The molecule has 2 fully saturated rings. The van der Waals surface area contributed by atoms with Crippen LogP contribution in [-0.4, -0.2) is 92.6 Å². The Hall–Kier alpha value is -1.19. The van der Waals surface area contributed by atoms with Gasteiger partial charge in [-0.25, -0.2) is 8.42 Å². The van der Waals surface area contributed by atoms with Crippen LogP contribution >= 0.6 is 11.6 Å². The number of nitrogens with one attached hydrogen (secondary N) is 1. The third-order valence-electron chi connectivity index (χ3n) is 5.80. The van der Waals surface area contributed by atoms with Crippen molar-refractivity contribution in [3.05, 3.63) is 34.9 Å². The van der Waals surface area contributed by atoms with Gasteiger partial charge >= 0.3 is 0 Å². The van der Waals surface area contributed by atoms with Gasteiger partial charge in [0.15, 0.2) is 0 Å². The molecule has 1 aromatic rings. The van der Waals surface area contributed by atoms with Gasteiger partial charge in [-0.2, -0.15) is 4.31 Å². The van der Waals surface area contributed by atoms with Gasteiger partial charge in [-0.15, -0.1) is 0 Å². The molecule has 1 atom stereocenters. The van der Waals surface area contributed by atoms with Crippen LogP contribution in [0.4, 0.5) is 0 Å². The summed E-state index contributed by atoms with van der Waals surface area (Å²) in [7, 11) is -3.39. The predicted molar refractivity (Wildman–Crippen MR) is 116 cm³/mol. The molecule has 0 bridgehead atoms. The van der Waals surface area contributed by atoms with E-state index in [0.717, 1.165) is 25.9 Å². The second-order valence-corrected chi connectivity index (χ2v) is 10.2. The normalized spacial score (nSPS) is 21.4. The van der Waals surface area contributed by atoms with Crippen molar-refractivity contribution >= 4 is 27.5 Å². The van der Waals surface area contributed by atoms with E-state index in [1.54, 1.807) is 29.2 Å². The van der Waals surface area contributed by atoms with E-state index in [1.807, 2.05) is 0 Å². The molecular weight excluding hydrogens is 412 g/mol. The van der Waals surface area contributed by atoms with E-state index < -0.39 is 10.0 Å². The van der Waals surface area contributed by atoms with E-state index in [1.165, 1.54) is 4.31 Å². The van der Waals surface area contributed by atoms with E-state index in [-0.39, 0.29) is 24.2 Å². The predicted octanol–water partition coefficient (Wildman–Crippen LogP) is 1.50. The number of carbonyl (C=O) groups is 1. The Morgan fingerprint density at radius 3 is 2.55 bits per heavy atom. The van der Waals surface area contributed by atoms with E-state index in [4.69, 9.17) is 11.6 Å². The lowest BCUT2D eigenvalue weighted by molar-refractivity contribution is 0.0718. The highest BCUT2D eigenvalue weighted by Gasteiger charge is 2.30. The molecule has 1 N–H and O–H groups in total. The zero-order chi connectivity index (χ0) is 20.9. The van der Waals surface area contributed by atoms with Crippen LogP contribution in [0.15, 0.2) is 24.3 Å². The summed E-state index contributed by atoms with van der Waals surface area (Å²) in [4.78, 5) is 17.3. The topological polar surface area (TPSA) is 73.0 Å². The van der Waals surface area contributed by atoms with Gasteiger partial charge in [0.25, 0.3) is 5.91 Å². The summed E-state index contributed by atoms with van der Waals surface area (Å²) in [5.41, 5.74) is 0.537. The minimum Gasteiger partial charge on any atom is -0.336 e. The minimum absolute atomic E-state index is 0.0504. The third kappa shape index (κ3) is 5.92. The number of rotatable bonds is 8. The summed E-state index contributed by atoms with van der Waals surface area (Å²) < 4.78 is 27.1. The van der Waals surface area contributed by atoms with Crippen LogP contribution in [-0.2, 0) is 10.0 Å². The summed E-state index contributed by atoms with van der Waals surface area (Å²) in [6.45, 7) is 7.14. The lowest BCUT2D eigenvalue weighted by atomic mass is 10.1. The van der Waals surface area contributed by atoms with Crippen LogP contribution in [0.2, 0.25) is 5.02 Å². The first-order chi connectivity index (χ1) is 13.9. The number of likely N-dealkylation sites (tertiary alicyclic amines) is 1. The molecule has 2 saturated heterocycles. The second kappa shape index (κ2) is 10.2. The van der Waals surface area contributed by atoms with Crippen molar-refractivity contribution in [3.8, 4) is 0 Å². The van der Waals surface area contributed by atoms with Gasteiger partial charge in [0, 0.05) is 55.9 Å². The first-order valence-electron chi connectivity index (χ1n) is 10.4. The van der Waals surface area contributed by atoms with Crippen LogP contribution in [0, 0.1) is 0 Å². The maximum atomic E-state index is 13.2. The molecule has 2 aliphatic rings. The SMILES string of the molecule is CCN1CCC[C@@H]1CN(CCS(=O)(=O)N1CCNCC1)C(=O)c1ccc(Cl)cc1. The molecule has 1 amide bonds. The molecule has 0 radical (unpaired) electrons. The zero-order valence-corrected chi connectivity index (χ0v) is 18.6. The Labute approximate surface area is 179 Å². The van der Waals surface area contributed by atoms with Crippen molar-refractivity contribution in [2.75, 3.05) is 58.1 Å². The lowest BCUT2D eigenvalue weighted by Crippen LogP contribution is -2.49. The number of sulfonamides is 1. The molecule has 0 aromatic heterocycles. The van der Waals surface area contributed by atoms with E-state index in [2.05, 4.69) is 17.1 Å². The fourth-order valence-corrected chi connectivity index (χ4v) is 5.67. The summed E-state index contributed by atoms with van der Waals surface area (Å²) in [5, 5.41) is 3.74. The van der Waals surface area contributed by atoms with Gasteiger partial charge in [-0.05, 0) is 50.2 Å². The van der Waals surface area contributed by atoms with Crippen molar-refractivity contribution < 1.29 is 13.2 Å². The Morgan fingerprint density at radius 1 is 1.21 bits per heavy atom. The fraction of sp³-hybridized carbons (Fsp3) is 0.650. The molecule has 2 aliphatic heterocycles. The largest absolute Gasteiger partial charge is 0.336 e. The number of hydrogen-bond donors (Lipinski definition) is 1. The average molecular weight is 443 g/mol. The van der Waals surface area contributed by atoms with Crippen LogP contribution < -0.4 is 5.32 Å². The third-order valence-corrected chi connectivity index (χ3v) is 7.91. The number of carbonyl (C=O) groups excluding carboxylic acids is 1. The number of benzene rings is 1. The molecule has 7 nitrogen and oxygen atoms in total. The highest BCUT2D eigenvalue weighted by atomic mass is 35.5. The highest BCUT2D eigenvalue weighted by Crippen LogP contribution is 2.20. The maximum absolute atomic E-state index is 13.2. The van der Waals surface area contributed by atoms with E-state index in [9.17, 15) is 13.2 Å². The molecule has 1 aromatic carbocycles. The second-order valence-electron chi connectivity index (χ2n) is 7.65. The quantitative estimate of drug-likeness (QED) is 0.660. The molecule has 162 valence electrons. The Bertz CT molecular complexity index is 781. The summed E-state index contributed by atoms with van der Waals surface area (Å²) in [6, 6.07) is 7.07. The molecule has 0 aliphatic carbocycles. The Balaban J connectivity index is 1.72. The summed E-state index contributed by atoms with van der Waals surface area (Å²) >= 11 is 5.96. The van der Waals surface area contributed by atoms with Crippen LogP contribution in [0.1, 0.15) is 30.1 Å². The molecule has 0 saturated carbocycles. The maximum Gasteiger partial charge on any atom is 0.253 e. The minimum atomic E-state index is -3.39. The number of likely N-dealkylation sites (N-methyl/N-ethyl adjacent to an activating group) is 1. The van der Waals surface area contributed by atoms with Crippen molar-refractivity contribution in [1.29, 1.82) is 0 Å². The molecule has 3 rings (SSSR count). The first kappa shape index (κ1) is 22.5. The van der Waals surface area contributed by atoms with Crippen molar-refractivity contribution in [2.45, 2.75) is 25.8 Å². The fourth-order valence-electron chi connectivity index (χ4n) is 4.10. The van der Waals surface area contributed by atoms with E-state index in [0.29, 0.717) is 43.3 Å². The van der Waals surface area contributed by atoms with E-state index >= 15 is 0 Å². The molecule has 9 heteroatoms. The number of halogens is 1. The van der Waals surface area contributed by atoms with Gasteiger partial charge in [-0.1, -0.05) is 18.5 Å². The Morgan fingerprint density at radius 2 is 1.90 bits per heavy atom. The van der Waals surface area contributed by atoms with Crippen LogP contribution in [0.3, 0.4) is 0 Å².